The minimum atomic E-state index is 0. The van der Waals surface area contributed by atoms with Crippen molar-refractivity contribution in [3.63, 3.8) is 0 Å². The van der Waals surface area contributed by atoms with Gasteiger partial charge in [-0.2, -0.15) is 4.98 Å². The number of benzene rings is 1. The van der Waals surface area contributed by atoms with Crippen molar-refractivity contribution in [1.82, 2.24) is 10.1 Å². The molecule has 0 amide bonds. The number of hydrogen-bond acceptors (Lipinski definition) is 4. The molecule has 2 N–H and O–H groups in total. The molecule has 2 aliphatic carbocycles. The highest BCUT2D eigenvalue weighted by molar-refractivity contribution is 5.85. The number of nitrogens with two attached hydrogens (primary N) is 1. The molecule has 1 heterocycles. The van der Waals surface area contributed by atoms with Crippen molar-refractivity contribution in [2.45, 2.75) is 38.1 Å². The minimum Gasteiger partial charge on any atom is -0.339 e. The predicted octanol–water partition coefficient (Wildman–Crippen LogP) is 3.31. The number of aromatic nitrogens is 2. The molecule has 5 heteroatoms. The summed E-state index contributed by atoms with van der Waals surface area (Å²) in [5, 5.41) is 4.14. The largest absolute Gasteiger partial charge is 0.339 e. The lowest BCUT2D eigenvalue weighted by Gasteiger charge is -2.24. The Morgan fingerprint density at radius 3 is 2.52 bits per heavy atom. The highest BCUT2D eigenvalue weighted by atomic mass is 35.5. The lowest BCUT2D eigenvalue weighted by Crippen LogP contribution is -2.34. The molecule has 4 nitrogen and oxygen atoms in total. The quantitative estimate of drug-likeness (QED) is 0.924. The number of aryl methyl sites for hydroxylation is 1. The van der Waals surface area contributed by atoms with E-state index in [1.807, 2.05) is 12.1 Å². The first-order chi connectivity index (χ1) is 9.72. The Kier molecular flexibility index (Phi) is 3.76. The van der Waals surface area contributed by atoms with E-state index in [2.05, 4.69) is 29.2 Å². The fourth-order valence-corrected chi connectivity index (χ4v) is 3.89. The molecular formula is C16H20ClN3O. The van der Waals surface area contributed by atoms with Crippen molar-refractivity contribution < 1.29 is 4.52 Å². The van der Waals surface area contributed by atoms with Gasteiger partial charge in [-0.1, -0.05) is 35.0 Å². The molecule has 1 aromatic carbocycles. The molecule has 4 atom stereocenters. The third kappa shape index (κ3) is 2.36. The van der Waals surface area contributed by atoms with Crippen LogP contribution in [0.1, 0.15) is 36.6 Å². The average molecular weight is 306 g/mol. The minimum absolute atomic E-state index is 0. The summed E-state index contributed by atoms with van der Waals surface area (Å²) in [6.45, 7) is 2.07. The van der Waals surface area contributed by atoms with Crippen LogP contribution in [-0.4, -0.2) is 16.2 Å². The van der Waals surface area contributed by atoms with Crippen LogP contribution in [-0.2, 0) is 0 Å². The highest BCUT2D eigenvalue weighted by Crippen LogP contribution is 2.51. The third-order valence-corrected chi connectivity index (χ3v) is 5.02. The second-order valence-electron chi connectivity index (χ2n) is 6.26. The molecule has 21 heavy (non-hydrogen) atoms. The highest BCUT2D eigenvalue weighted by Gasteiger charge is 2.48. The average Bonchev–Trinajstić information content (AvgIpc) is 3.14. The van der Waals surface area contributed by atoms with Crippen molar-refractivity contribution in [2.24, 2.45) is 17.6 Å². The van der Waals surface area contributed by atoms with Crippen molar-refractivity contribution in [3.05, 3.63) is 35.7 Å². The molecule has 4 rings (SSSR count). The fourth-order valence-electron chi connectivity index (χ4n) is 3.89. The Labute approximate surface area is 130 Å². The van der Waals surface area contributed by atoms with Gasteiger partial charge in [0.1, 0.15) is 0 Å². The van der Waals surface area contributed by atoms with E-state index in [-0.39, 0.29) is 24.4 Å². The first kappa shape index (κ1) is 14.5. The van der Waals surface area contributed by atoms with Crippen LogP contribution >= 0.6 is 12.4 Å². The lowest BCUT2D eigenvalue weighted by molar-refractivity contribution is 0.279. The maximum absolute atomic E-state index is 6.34. The Morgan fingerprint density at radius 1 is 1.14 bits per heavy atom. The van der Waals surface area contributed by atoms with E-state index in [1.54, 1.807) is 0 Å². The van der Waals surface area contributed by atoms with Crippen molar-refractivity contribution in [2.75, 3.05) is 0 Å². The molecule has 0 spiro atoms. The first-order valence-corrected chi connectivity index (χ1v) is 7.38. The predicted molar refractivity (Wildman–Crippen MR) is 83.3 cm³/mol. The van der Waals surface area contributed by atoms with Gasteiger partial charge in [-0.3, -0.25) is 0 Å². The van der Waals surface area contributed by atoms with Crippen LogP contribution in [0.25, 0.3) is 11.4 Å². The molecule has 2 saturated carbocycles. The summed E-state index contributed by atoms with van der Waals surface area (Å²) < 4.78 is 5.52. The van der Waals surface area contributed by atoms with Gasteiger partial charge in [0.15, 0.2) is 0 Å². The summed E-state index contributed by atoms with van der Waals surface area (Å²) in [4.78, 5) is 4.60. The van der Waals surface area contributed by atoms with Gasteiger partial charge in [0.25, 0.3) is 0 Å². The molecule has 0 aliphatic heterocycles. The van der Waals surface area contributed by atoms with E-state index in [9.17, 15) is 0 Å². The topological polar surface area (TPSA) is 64.9 Å². The number of hydrogen-bond donors (Lipinski definition) is 1. The maximum Gasteiger partial charge on any atom is 0.231 e. The Balaban J connectivity index is 0.00000132. The Bertz CT molecular complexity index is 623. The van der Waals surface area contributed by atoms with E-state index in [1.165, 1.54) is 24.8 Å². The number of fused-ring (bicyclic) bond motifs is 2. The third-order valence-electron chi connectivity index (χ3n) is 5.02. The normalized spacial score (nSPS) is 30.4. The molecule has 2 fully saturated rings. The number of rotatable bonds is 2. The second kappa shape index (κ2) is 5.43. The van der Waals surface area contributed by atoms with Crippen molar-refractivity contribution >= 4 is 12.4 Å². The standard InChI is InChI=1S/C16H19N3O.ClH/c1-9-2-4-10(5-3-9)15-18-16(20-19-15)13-11-6-7-12(8-11)14(13)17;/h2-5,11-14H,6-8,17H2,1H3;1H. The van der Waals surface area contributed by atoms with Crippen molar-refractivity contribution in [1.29, 1.82) is 0 Å². The van der Waals surface area contributed by atoms with Gasteiger partial charge >= 0.3 is 0 Å². The van der Waals surface area contributed by atoms with Gasteiger partial charge in [-0.05, 0) is 38.0 Å². The molecule has 0 saturated heterocycles. The second-order valence-corrected chi connectivity index (χ2v) is 6.26. The van der Waals surface area contributed by atoms with E-state index in [4.69, 9.17) is 10.3 Å². The zero-order chi connectivity index (χ0) is 13.7. The van der Waals surface area contributed by atoms with Crippen molar-refractivity contribution in [3.8, 4) is 11.4 Å². The van der Waals surface area contributed by atoms with Gasteiger partial charge in [-0.25, -0.2) is 0 Å². The van der Waals surface area contributed by atoms with Gasteiger partial charge in [0.2, 0.25) is 11.7 Å². The van der Waals surface area contributed by atoms with Gasteiger partial charge < -0.3 is 10.3 Å². The monoisotopic (exact) mass is 305 g/mol. The van der Waals surface area contributed by atoms with Crippen LogP contribution in [0.15, 0.2) is 28.8 Å². The molecule has 4 unspecified atom stereocenters. The SMILES string of the molecule is Cc1ccc(-c2noc(C3C4CCC(C4)C3N)n2)cc1.Cl. The van der Waals surface area contributed by atoms with Gasteiger partial charge in [0.05, 0.1) is 5.92 Å². The van der Waals surface area contributed by atoms with Gasteiger partial charge in [0, 0.05) is 11.6 Å². The van der Waals surface area contributed by atoms with E-state index < -0.39 is 0 Å². The molecule has 0 radical (unpaired) electrons. The molecular weight excluding hydrogens is 286 g/mol. The van der Waals surface area contributed by atoms with E-state index in [0.717, 1.165) is 11.5 Å². The van der Waals surface area contributed by atoms with Gasteiger partial charge in [-0.15, -0.1) is 12.4 Å². The van der Waals surface area contributed by atoms with Crippen LogP contribution in [0.4, 0.5) is 0 Å². The zero-order valence-corrected chi connectivity index (χ0v) is 12.8. The summed E-state index contributed by atoms with van der Waals surface area (Å²) in [5.74, 6) is 2.97. The maximum atomic E-state index is 6.34. The molecule has 1 aromatic heterocycles. The number of nitrogens with zero attached hydrogens (tertiary/aromatic N) is 2. The molecule has 2 bridgehead atoms. The molecule has 112 valence electrons. The van der Waals surface area contributed by atoms with E-state index >= 15 is 0 Å². The van der Waals surface area contributed by atoms with Crippen LogP contribution in [0.2, 0.25) is 0 Å². The first-order valence-electron chi connectivity index (χ1n) is 7.38. The Morgan fingerprint density at radius 2 is 1.86 bits per heavy atom. The van der Waals surface area contributed by atoms with Crippen LogP contribution in [0, 0.1) is 18.8 Å². The molecule has 2 aliphatic rings. The van der Waals surface area contributed by atoms with E-state index in [0.29, 0.717) is 17.7 Å². The number of halogens is 1. The molecule has 2 aromatic rings. The Hall–Kier alpha value is -1.39. The van der Waals surface area contributed by atoms with Crippen LogP contribution in [0.3, 0.4) is 0 Å². The summed E-state index contributed by atoms with van der Waals surface area (Å²) in [6, 6.07) is 8.39. The van der Waals surface area contributed by atoms with Crippen LogP contribution in [0.5, 0.6) is 0 Å². The summed E-state index contributed by atoms with van der Waals surface area (Å²) in [5.41, 5.74) is 8.57. The zero-order valence-electron chi connectivity index (χ0n) is 12.0. The van der Waals surface area contributed by atoms with Crippen LogP contribution < -0.4 is 5.73 Å². The fraction of sp³-hybridized carbons (Fsp3) is 0.500. The summed E-state index contributed by atoms with van der Waals surface area (Å²) in [7, 11) is 0. The summed E-state index contributed by atoms with van der Waals surface area (Å²) >= 11 is 0. The smallest absolute Gasteiger partial charge is 0.231 e. The summed E-state index contributed by atoms with van der Waals surface area (Å²) in [6.07, 6.45) is 3.75. The lowest BCUT2D eigenvalue weighted by atomic mass is 9.85.